The Morgan fingerprint density at radius 1 is 0.147 bits per heavy atom. The first-order valence-electron chi connectivity index (χ1n) is 33.1. The molecule has 0 amide bonds. The second-order valence-electron chi connectivity index (χ2n) is 23.6. The van der Waals surface area contributed by atoms with Gasteiger partial charge in [-0.15, -0.1) is 0 Å². The van der Waals surface area contributed by atoms with Gasteiger partial charge in [0.2, 0.25) is 17.1 Å². The number of benzene rings is 13. The maximum absolute atomic E-state index is 5.83. The summed E-state index contributed by atoms with van der Waals surface area (Å²) in [5.41, 5.74) is 16.2. The van der Waals surface area contributed by atoms with Crippen molar-refractivity contribution in [3.05, 3.63) is 309 Å². The van der Waals surface area contributed by atoms with Crippen LogP contribution in [0.1, 0.15) is 0 Å². The van der Waals surface area contributed by atoms with E-state index in [1.54, 1.807) is 64.0 Å². The predicted octanol–water partition coefficient (Wildman–Crippen LogP) is 22.5. The van der Waals surface area contributed by atoms with Gasteiger partial charge in [0.15, 0.2) is 34.1 Å². The average Bonchev–Trinajstić information content (AvgIpc) is 0.765. The van der Waals surface area contributed by atoms with Gasteiger partial charge in [0.1, 0.15) is 51.7 Å². The van der Waals surface area contributed by atoms with Crippen LogP contribution in [0.25, 0.3) is 0 Å². The van der Waals surface area contributed by atoms with Crippen LogP contribution >= 0.6 is 0 Å². The van der Waals surface area contributed by atoms with Crippen molar-refractivity contribution < 1.29 is 42.6 Å². The predicted molar refractivity (Wildman–Crippen MR) is 411 cm³/mol. The molecule has 0 aliphatic heterocycles. The van der Waals surface area contributed by atoms with Crippen LogP contribution < -0.4 is 72.0 Å². The van der Waals surface area contributed by atoms with Gasteiger partial charge in [-0.3, -0.25) is 0 Å². The maximum atomic E-state index is 5.83. The lowest BCUT2D eigenvalue weighted by Crippen LogP contribution is -2.18. The van der Waals surface area contributed by atoms with Crippen LogP contribution in [0.2, 0.25) is 0 Å². The van der Waals surface area contributed by atoms with Crippen LogP contribution in [0.15, 0.2) is 309 Å². The molecule has 0 saturated carbocycles. The number of anilines is 18. The Labute approximate surface area is 596 Å². The van der Waals surface area contributed by atoms with Gasteiger partial charge in [0.25, 0.3) is 0 Å². The van der Waals surface area contributed by atoms with Gasteiger partial charge < -0.3 is 57.3 Å². The van der Waals surface area contributed by atoms with Crippen LogP contribution in [0.5, 0.6) is 51.7 Å². The first-order valence-corrected chi connectivity index (χ1v) is 33.1. The first kappa shape index (κ1) is 67.9. The van der Waals surface area contributed by atoms with Crippen molar-refractivity contribution in [1.29, 1.82) is 0 Å². The van der Waals surface area contributed by atoms with E-state index in [0.717, 1.165) is 154 Å². The van der Waals surface area contributed by atoms with Crippen LogP contribution in [-0.2, 0) is 0 Å². The number of rotatable bonds is 27. The molecule has 13 aromatic carbocycles. The fourth-order valence-corrected chi connectivity index (χ4v) is 12.5. The Balaban J connectivity index is 1.03. The third-order valence-corrected chi connectivity index (χ3v) is 17.7. The number of hydrogen-bond donors (Lipinski definition) is 0. The zero-order valence-corrected chi connectivity index (χ0v) is 58.3. The molecule has 13 aromatic rings. The molecule has 3 radical (unpaired) electrons. The summed E-state index contributed by atoms with van der Waals surface area (Å²) < 4.78 is 51.3. The van der Waals surface area contributed by atoms with Crippen molar-refractivity contribution in [1.82, 2.24) is 14.7 Å². The monoisotopic (exact) mass is 1350 g/mol. The van der Waals surface area contributed by atoms with Crippen molar-refractivity contribution in [3.63, 3.8) is 0 Å². The maximum Gasteiger partial charge on any atom is 0.204 e. The summed E-state index contributed by atoms with van der Waals surface area (Å²) in [5, 5.41) is 0. The highest BCUT2D eigenvalue weighted by Crippen LogP contribution is 2.49. The minimum absolute atomic E-state index is 0.719. The van der Waals surface area contributed by atoms with E-state index in [1.165, 1.54) is 0 Å². The molecular formula is C87H78N6O9+3. The lowest BCUT2D eigenvalue weighted by atomic mass is 10.1. The summed E-state index contributed by atoms with van der Waals surface area (Å²) in [5.74, 6) is 6.70. The minimum atomic E-state index is 0.719. The largest absolute Gasteiger partial charge is 0.497 e. The van der Waals surface area contributed by atoms with E-state index in [-0.39, 0.29) is 0 Å². The van der Waals surface area contributed by atoms with E-state index in [4.69, 9.17) is 42.6 Å². The number of ether oxygens (including phenoxy) is 9. The quantitative estimate of drug-likeness (QED) is 0.0457. The summed E-state index contributed by atoms with van der Waals surface area (Å²) in [6.07, 6.45) is 0. The van der Waals surface area contributed by atoms with E-state index in [1.807, 2.05) is 109 Å². The highest BCUT2D eigenvalue weighted by atomic mass is 16.5. The van der Waals surface area contributed by atoms with Gasteiger partial charge in [-0.25, -0.2) is 0 Å². The summed E-state index contributed by atoms with van der Waals surface area (Å²) >= 11 is 0. The van der Waals surface area contributed by atoms with Gasteiger partial charge in [-0.05, 0) is 218 Å². The lowest BCUT2D eigenvalue weighted by Gasteiger charge is -2.26. The normalized spacial score (nSPS) is 11.1. The average molecular weight is 1350 g/mol. The number of nitrogens with zero attached hydrogens (tertiary/aromatic N) is 6. The first-order chi connectivity index (χ1) is 50.1. The Morgan fingerprint density at radius 3 is 0.382 bits per heavy atom. The molecular weight excluding hydrogens is 1270 g/mol. The smallest absolute Gasteiger partial charge is 0.204 e. The molecule has 0 unspecified atom stereocenters. The molecule has 0 atom stereocenters. The third-order valence-electron chi connectivity index (χ3n) is 17.7. The lowest BCUT2D eigenvalue weighted by molar-refractivity contribution is 0.414. The highest BCUT2D eigenvalue weighted by Gasteiger charge is 2.38. The van der Waals surface area contributed by atoms with E-state index in [9.17, 15) is 0 Å². The molecule has 0 N–H and O–H groups in total. The van der Waals surface area contributed by atoms with Crippen molar-refractivity contribution in [2.75, 3.05) is 78.7 Å². The summed E-state index contributed by atoms with van der Waals surface area (Å²) in [4.78, 5) is 13.5. The molecule has 15 nitrogen and oxygen atoms in total. The van der Waals surface area contributed by atoms with Gasteiger partial charge in [-0.2, -0.15) is 0 Å². The molecule has 0 fully saturated rings. The molecule has 507 valence electrons. The zero-order chi connectivity index (χ0) is 70.5. The van der Waals surface area contributed by atoms with E-state index >= 15 is 0 Å². The van der Waals surface area contributed by atoms with Crippen LogP contribution in [-0.4, -0.2) is 64.0 Å². The standard InChI is InChI=1S/C87H78N6O9/c1-94-79-40-22-67(23-41-79)88(68-24-42-80(95-2)43-25-68)61-10-16-64(17-11-61)91(73-34-52-85(100-7)53-35-73)76-58-77(92(74-36-54-86(101-8)55-37-74)65-18-12-62(13-19-65)89(69-26-44-81(96-3)45-27-69)70-28-46-82(97-4)47-29-70)60-78(59-76)93(75-38-56-87(102-9)57-39-75)66-20-14-63(15-21-66)90(71-30-48-83(98-5)49-31-71)72-32-50-84(99-6)51-33-72/h10-60H,1-9H3/q+3. The van der Waals surface area contributed by atoms with Crippen LogP contribution in [0, 0.1) is 0 Å². The van der Waals surface area contributed by atoms with Gasteiger partial charge in [0, 0.05) is 124 Å². The van der Waals surface area contributed by atoms with Gasteiger partial charge >= 0.3 is 0 Å². The van der Waals surface area contributed by atoms with Gasteiger partial charge in [0.05, 0.1) is 82.2 Å². The van der Waals surface area contributed by atoms with Crippen LogP contribution in [0.4, 0.5) is 102 Å². The van der Waals surface area contributed by atoms with Crippen molar-refractivity contribution >= 4 is 102 Å². The molecule has 0 aliphatic rings. The van der Waals surface area contributed by atoms with E-state index in [2.05, 4.69) is 230 Å². The molecule has 0 bridgehead atoms. The Kier molecular flexibility index (Phi) is 20.9. The van der Waals surface area contributed by atoms with E-state index in [0.29, 0.717) is 0 Å². The van der Waals surface area contributed by atoms with Crippen molar-refractivity contribution in [2.45, 2.75) is 0 Å². The highest BCUT2D eigenvalue weighted by molar-refractivity contribution is 5.85. The second kappa shape index (κ2) is 31.5. The van der Waals surface area contributed by atoms with Crippen molar-refractivity contribution in [3.8, 4) is 51.7 Å². The SMILES string of the molecule is COc1ccc(N(c2ccc(OC)cc2)c2ccc([N+](c3ccc(OC)cc3)c3cc([N+](c4ccc(OC)cc4)c4ccc(N(c5ccc(OC)cc5)c5ccc(OC)cc5)cc4)cc([N+](c4ccc(OC)cc4)c4ccc(N(c5ccc(OC)cc5)c5ccc(OC)cc5)cc4)c3)cc2)cc1. The van der Waals surface area contributed by atoms with Crippen LogP contribution in [0.3, 0.4) is 0 Å². The minimum Gasteiger partial charge on any atom is -0.497 e. The molecule has 15 heteroatoms. The van der Waals surface area contributed by atoms with Crippen molar-refractivity contribution in [2.24, 2.45) is 0 Å². The van der Waals surface area contributed by atoms with E-state index < -0.39 is 0 Å². The fraction of sp³-hybridized carbons (Fsp3) is 0.103. The number of methoxy groups -OCH3 is 9. The third kappa shape index (κ3) is 14.9. The van der Waals surface area contributed by atoms with Gasteiger partial charge in [-0.1, -0.05) is 14.7 Å². The summed E-state index contributed by atoms with van der Waals surface area (Å²) in [6, 6.07) is 106. The fourth-order valence-electron chi connectivity index (χ4n) is 12.5. The summed E-state index contributed by atoms with van der Waals surface area (Å²) in [7, 11) is 15.1. The Morgan fingerprint density at radius 2 is 0.255 bits per heavy atom. The second-order valence-corrected chi connectivity index (χ2v) is 23.6. The molecule has 13 rings (SSSR count). The number of hydrogen-bond acceptors (Lipinski definition) is 15. The topological polar surface area (TPSA) is 110 Å². The molecule has 0 saturated heterocycles. The molecule has 0 aromatic heterocycles. The molecule has 0 heterocycles. The Bertz CT molecular complexity index is 4190. The zero-order valence-electron chi connectivity index (χ0n) is 58.3. The molecule has 0 spiro atoms. The Hall–Kier alpha value is -12.7. The summed E-state index contributed by atoms with van der Waals surface area (Å²) in [6.45, 7) is 0. The molecule has 102 heavy (non-hydrogen) atoms. The molecule has 0 aliphatic carbocycles.